The van der Waals surface area contributed by atoms with Gasteiger partial charge in [-0.3, -0.25) is 9.59 Å². The average Bonchev–Trinajstić information content (AvgIpc) is 3.16. The van der Waals surface area contributed by atoms with Gasteiger partial charge in [0.1, 0.15) is 13.1 Å². The van der Waals surface area contributed by atoms with Crippen molar-refractivity contribution in [3.05, 3.63) is 24.3 Å². The zero-order valence-corrected chi connectivity index (χ0v) is 12.0. The van der Waals surface area contributed by atoms with E-state index in [4.69, 9.17) is 10.2 Å². The van der Waals surface area contributed by atoms with Crippen LogP contribution in [-0.4, -0.2) is 62.6 Å². The first-order chi connectivity index (χ1) is 11.5. The summed E-state index contributed by atoms with van der Waals surface area (Å²) in [7, 11) is 0. The van der Waals surface area contributed by atoms with Crippen LogP contribution in [0.5, 0.6) is 0 Å². The third-order valence-electron chi connectivity index (χ3n) is 3.04. The minimum absolute atomic E-state index is 0.300. The van der Waals surface area contributed by atoms with Gasteiger partial charge in [0.15, 0.2) is 11.6 Å². The number of tetrazole rings is 2. The van der Waals surface area contributed by atoms with E-state index in [1.54, 1.807) is 24.3 Å². The quantitative estimate of drug-likeness (QED) is 0.582. The van der Waals surface area contributed by atoms with E-state index in [0.29, 0.717) is 22.8 Å². The standard InChI is InChI=1S/C12H10N8O4/c21-9(22)5-19-11(13-15-17-19)7-1-2-8(4-3-7)12-14-16-18-20(12)6-10(23)24/h1-4H,5-6H2,(H,21,22)(H,23,24). The van der Waals surface area contributed by atoms with E-state index in [1.807, 2.05) is 0 Å². The zero-order valence-electron chi connectivity index (χ0n) is 12.0. The van der Waals surface area contributed by atoms with Gasteiger partial charge in [-0.2, -0.15) is 0 Å². The number of nitrogens with zero attached hydrogens (tertiary/aromatic N) is 8. The molecular formula is C12H10N8O4. The van der Waals surface area contributed by atoms with Crippen molar-refractivity contribution in [3.8, 4) is 22.8 Å². The van der Waals surface area contributed by atoms with E-state index in [1.165, 1.54) is 0 Å². The summed E-state index contributed by atoms with van der Waals surface area (Å²) in [6.45, 7) is -0.720. The van der Waals surface area contributed by atoms with Crippen molar-refractivity contribution in [1.82, 2.24) is 40.4 Å². The van der Waals surface area contributed by atoms with E-state index < -0.39 is 11.9 Å². The van der Waals surface area contributed by atoms with Gasteiger partial charge in [0, 0.05) is 11.1 Å². The summed E-state index contributed by atoms with van der Waals surface area (Å²) in [6.07, 6.45) is 0. The molecule has 2 N–H and O–H groups in total. The largest absolute Gasteiger partial charge is 0.480 e. The summed E-state index contributed by atoms with van der Waals surface area (Å²) in [5, 5.41) is 39.5. The highest BCUT2D eigenvalue weighted by Gasteiger charge is 2.14. The Hall–Kier alpha value is -3.70. The van der Waals surface area contributed by atoms with E-state index in [9.17, 15) is 9.59 Å². The molecule has 12 heteroatoms. The Bertz CT molecular complexity index is 811. The molecule has 0 radical (unpaired) electrons. The van der Waals surface area contributed by atoms with Crippen LogP contribution in [0.3, 0.4) is 0 Å². The van der Waals surface area contributed by atoms with Crippen molar-refractivity contribution in [3.63, 3.8) is 0 Å². The van der Waals surface area contributed by atoms with E-state index in [-0.39, 0.29) is 13.1 Å². The Morgan fingerprint density at radius 1 is 0.792 bits per heavy atom. The molecule has 0 aliphatic heterocycles. The minimum atomic E-state index is -1.06. The lowest BCUT2D eigenvalue weighted by Gasteiger charge is -2.04. The normalized spacial score (nSPS) is 10.7. The molecule has 0 spiro atoms. The molecular weight excluding hydrogens is 320 g/mol. The number of carboxylic acids is 2. The van der Waals surface area contributed by atoms with Crippen molar-refractivity contribution in [2.75, 3.05) is 0 Å². The molecule has 2 aromatic heterocycles. The van der Waals surface area contributed by atoms with Gasteiger partial charge in [-0.25, -0.2) is 9.36 Å². The van der Waals surface area contributed by atoms with Crippen molar-refractivity contribution in [1.29, 1.82) is 0 Å². The highest BCUT2D eigenvalue weighted by atomic mass is 16.4. The lowest BCUT2D eigenvalue weighted by atomic mass is 10.1. The van der Waals surface area contributed by atoms with Gasteiger partial charge in [-0.15, -0.1) is 10.2 Å². The fraction of sp³-hybridized carbons (Fsp3) is 0.167. The second-order valence-electron chi connectivity index (χ2n) is 4.69. The van der Waals surface area contributed by atoms with Crippen molar-refractivity contribution in [2.45, 2.75) is 13.1 Å². The number of aromatic nitrogens is 8. The Morgan fingerprint density at radius 2 is 1.17 bits per heavy atom. The summed E-state index contributed by atoms with van der Waals surface area (Å²) in [5.74, 6) is -1.52. The lowest BCUT2D eigenvalue weighted by Crippen LogP contribution is -2.12. The molecule has 0 unspecified atom stereocenters. The van der Waals surface area contributed by atoms with Gasteiger partial charge in [-0.05, 0) is 20.9 Å². The first kappa shape index (κ1) is 15.2. The van der Waals surface area contributed by atoms with Crippen LogP contribution in [0.4, 0.5) is 0 Å². The van der Waals surface area contributed by atoms with E-state index >= 15 is 0 Å². The molecule has 0 bridgehead atoms. The number of carboxylic acid groups (broad SMARTS) is 2. The predicted molar refractivity (Wildman–Crippen MR) is 75.3 cm³/mol. The van der Waals surface area contributed by atoms with Crippen LogP contribution in [-0.2, 0) is 22.7 Å². The molecule has 122 valence electrons. The molecule has 12 nitrogen and oxygen atoms in total. The monoisotopic (exact) mass is 330 g/mol. The number of carbonyl (C=O) groups is 2. The molecule has 0 aliphatic carbocycles. The molecule has 0 fully saturated rings. The van der Waals surface area contributed by atoms with Crippen LogP contribution in [0.2, 0.25) is 0 Å². The van der Waals surface area contributed by atoms with Crippen LogP contribution in [0.15, 0.2) is 24.3 Å². The van der Waals surface area contributed by atoms with Crippen LogP contribution in [0, 0.1) is 0 Å². The van der Waals surface area contributed by atoms with E-state index in [2.05, 4.69) is 31.1 Å². The lowest BCUT2D eigenvalue weighted by molar-refractivity contribution is -0.138. The van der Waals surface area contributed by atoms with Crippen LogP contribution < -0.4 is 0 Å². The number of rotatable bonds is 6. The topological polar surface area (TPSA) is 162 Å². The van der Waals surface area contributed by atoms with Gasteiger partial charge in [-0.1, -0.05) is 24.3 Å². The summed E-state index contributed by atoms with van der Waals surface area (Å²) in [5.41, 5.74) is 1.20. The molecule has 3 rings (SSSR count). The van der Waals surface area contributed by atoms with Crippen molar-refractivity contribution >= 4 is 11.9 Å². The van der Waals surface area contributed by atoms with Crippen molar-refractivity contribution in [2.24, 2.45) is 0 Å². The average molecular weight is 330 g/mol. The SMILES string of the molecule is O=C(O)Cn1nnnc1-c1ccc(-c2nnnn2CC(=O)O)cc1. The fourth-order valence-corrected chi connectivity index (χ4v) is 2.06. The molecule has 24 heavy (non-hydrogen) atoms. The Kier molecular flexibility index (Phi) is 3.93. The first-order valence-corrected chi connectivity index (χ1v) is 6.61. The molecule has 1 aromatic carbocycles. The van der Waals surface area contributed by atoms with Gasteiger partial charge in [0.05, 0.1) is 0 Å². The zero-order chi connectivity index (χ0) is 17.1. The molecule has 2 heterocycles. The number of hydrogen-bond donors (Lipinski definition) is 2. The Morgan fingerprint density at radius 3 is 1.50 bits per heavy atom. The Labute approximate surface area is 133 Å². The smallest absolute Gasteiger partial charge is 0.325 e. The summed E-state index contributed by atoms with van der Waals surface area (Å²) < 4.78 is 2.32. The number of hydrogen-bond acceptors (Lipinski definition) is 8. The third kappa shape index (κ3) is 3.06. The van der Waals surface area contributed by atoms with Crippen LogP contribution in [0.25, 0.3) is 22.8 Å². The fourth-order valence-electron chi connectivity index (χ4n) is 2.06. The highest BCUT2D eigenvalue weighted by molar-refractivity contribution is 5.69. The van der Waals surface area contributed by atoms with Gasteiger partial charge in [0.2, 0.25) is 0 Å². The maximum absolute atomic E-state index is 10.8. The molecule has 3 aromatic rings. The molecule has 0 aliphatic rings. The Balaban J connectivity index is 1.89. The van der Waals surface area contributed by atoms with Gasteiger partial charge in [0.25, 0.3) is 0 Å². The maximum atomic E-state index is 10.8. The van der Waals surface area contributed by atoms with Gasteiger partial charge >= 0.3 is 11.9 Å². The second-order valence-corrected chi connectivity index (χ2v) is 4.69. The second kappa shape index (κ2) is 6.20. The van der Waals surface area contributed by atoms with Crippen LogP contribution in [0.1, 0.15) is 0 Å². The third-order valence-corrected chi connectivity index (χ3v) is 3.04. The summed E-state index contributed by atoms with van der Waals surface area (Å²) >= 11 is 0. The minimum Gasteiger partial charge on any atom is -0.480 e. The molecule has 0 amide bonds. The molecule has 0 atom stereocenters. The first-order valence-electron chi connectivity index (χ1n) is 6.61. The van der Waals surface area contributed by atoms with Crippen LogP contribution >= 0.6 is 0 Å². The summed E-state index contributed by atoms with van der Waals surface area (Å²) in [6, 6.07) is 6.66. The summed E-state index contributed by atoms with van der Waals surface area (Å²) in [4.78, 5) is 21.6. The highest BCUT2D eigenvalue weighted by Crippen LogP contribution is 2.21. The van der Waals surface area contributed by atoms with Gasteiger partial charge < -0.3 is 10.2 Å². The van der Waals surface area contributed by atoms with Crippen molar-refractivity contribution < 1.29 is 19.8 Å². The van der Waals surface area contributed by atoms with E-state index in [0.717, 1.165) is 9.36 Å². The number of aliphatic carboxylic acids is 2. The predicted octanol–water partition coefficient (Wildman–Crippen LogP) is -0.837. The molecule has 0 saturated carbocycles. The molecule has 0 saturated heterocycles. The number of benzene rings is 1. The maximum Gasteiger partial charge on any atom is 0.325 e.